The fourth-order valence-electron chi connectivity index (χ4n) is 2.92. The molecule has 21 heavy (non-hydrogen) atoms. The van der Waals surface area contributed by atoms with Crippen molar-refractivity contribution in [2.45, 2.75) is 50.7 Å². The van der Waals surface area contributed by atoms with Crippen molar-refractivity contribution in [3.8, 4) is 5.75 Å². The summed E-state index contributed by atoms with van der Waals surface area (Å²) in [5.41, 5.74) is 2.41. The van der Waals surface area contributed by atoms with E-state index in [0.717, 1.165) is 16.2 Å². The first-order chi connectivity index (χ1) is 10.3. The van der Waals surface area contributed by atoms with Gasteiger partial charge in [-0.1, -0.05) is 12.1 Å². The molecule has 0 saturated heterocycles. The first-order valence-corrected chi connectivity index (χ1v) is 8.67. The SMILES string of the molecule is OC(c1ccc(OC2CC2)cc1)c1cc2c(s1)CCCC2. The van der Waals surface area contributed by atoms with Crippen LogP contribution in [0.5, 0.6) is 5.75 Å². The number of aliphatic hydroxyl groups is 1. The zero-order valence-corrected chi connectivity index (χ0v) is 12.9. The summed E-state index contributed by atoms with van der Waals surface area (Å²) in [7, 11) is 0. The van der Waals surface area contributed by atoms with Crippen LogP contribution >= 0.6 is 11.3 Å². The normalized spacial score (nSPS) is 19.1. The van der Waals surface area contributed by atoms with E-state index in [-0.39, 0.29) is 0 Å². The Morgan fingerprint density at radius 1 is 1.10 bits per heavy atom. The van der Waals surface area contributed by atoms with Crippen LogP contribution in [0.1, 0.15) is 52.7 Å². The van der Waals surface area contributed by atoms with Crippen LogP contribution in [0.25, 0.3) is 0 Å². The van der Waals surface area contributed by atoms with Gasteiger partial charge < -0.3 is 9.84 Å². The Hall–Kier alpha value is -1.32. The van der Waals surface area contributed by atoms with E-state index in [9.17, 15) is 5.11 Å². The van der Waals surface area contributed by atoms with Crippen molar-refractivity contribution in [3.05, 3.63) is 51.2 Å². The summed E-state index contributed by atoms with van der Waals surface area (Å²) >= 11 is 1.78. The number of thiophene rings is 1. The monoisotopic (exact) mass is 300 g/mol. The van der Waals surface area contributed by atoms with E-state index in [1.165, 1.54) is 49.0 Å². The second-order valence-corrected chi connectivity index (χ2v) is 7.26. The molecule has 1 unspecified atom stereocenters. The maximum absolute atomic E-state index is 10.6. The van der Waals surface area contributed by atoms with Crippen LogP contribution in [-0.4, -0.2) is 11.2 Å². The molecule has 110 valence electrons. The number of fused-ring (bicyclic) bond motifs is 1. The third kappa shape index (κ3) is 2.85. The topological polar surface area (TPSA) is 29.5 Å². The molecule has 1 N–H and O–H groups in total. The van der Waals surface area contributed by atoms with E-state index in [2.05, 4.69) is 6.07 Å². The molecule has 0 spiro atoms. The van der Waals surface area contributed by atoms with Crippen molar-refractivity contribution in [3.63, 3.8) is 0 Å². The van der Waals surface area contributed by atoms with Gasteiger partial charge in [-0.25, -0.2) is 0 Å². The highest BCUT2D eigenvalue weighted by Gasteiger charge is 2.23. The molecule has 0 aliphatic heterocycles. The summed E-state index contributed by atoms with van der Waals surface area (Å²) in [6.07, 6.45) is 7.19. The highest BCUT2D eigenvalue weighted by atomic mass is 32.1. The molecular formula is C18H20O2S. The minimum Gasteiger partial charge on any atom is -0.490 e. The number of aliphatic hydroxyl groups excluding tert-OH is 1. The Morgan fingerprint density at radius 3 is 2.57 bits per heavy atom. The van der Waals surface area contributed by atoms with Crippen molar-refractivity contribution in [2.75, 3.05) is 0 Å². The third-order valence-electron chi connectivity index (χ3n) is 4.31. The molecule has 2 aliphatic rings. The maximum Gasteiger partial charge on any atom is 0.119 e. The average Bonchev–Trinajstić information content (AvgIpc) is 3.22. The van der Waals surface area contributed by atoms with Crippen molar-refractivity contribution in [1.29, 1.82) is 0 Å². The van der Waals surface area contributed by atoms with Crippen molar-refractivity contribution < 1.29 is 9.84 Å². The van der Waals surface area contributed by atoms with Crippen LogP contribution in [0.15, 0.2) is 30.3 Å². The van der Waals surface area contributed by atoms with Crippen LogP contribution in [0.4, 0.5) is 0 Å². The van der Waals surface area contributed by atoms with Crippen LogP contribution in [-0.2, 0) is 12.8 Å². The lowest BCUT2D eigenvalue weighted by atomic mass is 9.98. The number of hydrogen-bond acceptors (Lipinski definition) is 3. The molecular weight excluding hydrogens is 280 g/mol. The Morgan fingerprint density at radius 2 is 1.86 bits per heavy atom. The molecule has 1 saturated carbocycles. The molecule has 1 heterocycles. The van der Waals surface area contributed by atoms with Gasteiger partial charge in [0.25, 0.3) is 0 Å². The lowest BCUT2D eigenvalue weighted by molar-refractivity contribution is 0.224. The molecule has 0 bridgehead atoms. The van der Waals surface area contributed by atoms with Crippen molar-refractivity contribution in [1.82, 2.24) is 0 Å². The zero-order valence-electron chi connectivity index (χ0n) is 12.0. The summed E-state index contributed by atoms with van der Waals surface area (Å²) in [6.45, 7) is 0. The van der Waals surface area contributed by atoms with E-state index < -0.39 is 6.10 Å². The first-order valence-electron chi connectivity index (χ1n) is 7.86. The van der Waals surface area contributed by atoms with Gasteiger partial charge in [-0.05, 0) is 67.9 Å². The molecule has 1 atom stereocenters. The Labute approximate surface area is 129 Å². The van der Waals surface area contributed by atoms with Gasteiger partial charge in [0.05, 0.1) is 6.10 Å². The van der Waals surface area contributed by atoms with Gasteiger partial charge in [-0.3, -0.25) is 0 Å². The summed E-state index contributed by atoms with van der Waals surface area (Å²) < 4.78 is 5.75. The zero-order chi connectivity index (χ0) is 14.2. The lowest BCUT2D eigenvalue weighted by Gasteiger charge is -2.10. The minimum atomic E-state index is -0.504. The van der Waals surface area contributed by atoms with Crippen LogP contribution in [0.2, 0.25) is 0 Å². The maximum atomic E-state index is 10.6. The van der Waals surface area contributed by atoms with Crippen LogP contribution in [0, 0.1) is 0 Å². The number of ether oxygens (including phenoxy) is 1. The van der Waals surface area contributed by atoms with Gasteiger partial charge >= 0.3 is 0 Å². The third-order valence-corrected chi connectivity index (χ3v) is 5.60. The summed E-state index contributed by atoms with van der Waals surface area (Å²) in [4.78, 5) is 2.56. The molecule has 3 heteroatoms. The van der Waals surface area contributed by atoms with Gasteiger partial charge in [-0.15, -0.1) is 11.3 Å². The largest absolute Gasteiger partial charge is 0.490 e. The predicted octanol–water partition coefficient (Wildman–Crippen LogP) is 4.25. The molecule has 2 aliphatic carbocycles. The van der Waals surface area contributed by atoms with Gasteiger partial charge in [0.15, 0.2) is 0 Å². The highest BCUT2D eigenvalue weighted by molar-refractivity contribution is 7.12. The highest BCUT2D eigenvalue weighted by Crippen LogP contribution is 2.36. The van der Waals surface area contributed by atoms with E-state index in [1.807, 2.05) is 24.3 Å². The second kappa shape index (κ2) is 5.47. The standard InChI is InChI=1S/C18H20O2S/c19-18(17-11-13-3-1-2-4-16(13)21-17)12-5-7-14(8-6-12)20-15-9-10-15/h5-8,11,15,18-19H,1-4,9-10H2. The lowest BCUT2D eigenvalue weighted by Crippen LogP contribution is -1.99. The molecule has 0 radical (unpaired) electrons. The minimum absolute atomic E-state index is 0.421. The fraction of sp³-hybridized carbons (Fsp3) is 0.444. The van der Waals surface area contributed by atoms with E-state index in [4.69, 9.17) is 4.74 Å². The smallest absolute Gasteiger partial charge is 0.119 e. The van der Waals surface area contributed by atoms with Crippen molar-refractivity contribution in [2.24, 2.45) is 0 Å². The van der Waals surface area contributed by atoms with Crippen LogP contribution < -0.4 is 4.74 Å². The first kappa shape index (κ1) is 13.4. The van der Waals surface area contributed by atoms with Gasteiger partial charge in [-0.2, -0.15) is 0 Å². The van der Waals surface area contributed by atoms with E-state index in [1.54, 1.807) is 11.3 Å². The number of rotatable bonds is 4. The number of aryl methyl sites for hydroxylation is 2. The van der Waals surface area contributed by atoms with E-state index >= 15 is 0 Å². The van der Waals surface area contributed by atoms with Crippen molar-refractivity contribution >= 4 is 11.3 Å². The van der Waals surface area contributed by atoms with Gasteiger partial charge in [0, 0.05) is 9.75 Å². The van der Waals surface area contributed by atoms with Gasteiger partial charge in [0.1, 0.15) is 11.9 Å². The molecule has 4 rings (SSSR count). The Bertz CT molecular complexity index is 602. The number of hydrogen-bond donors (Lipinski definition) is 1. The molecule has 2 nitrogen and oxygen atoms in total. The summed E-state index contributed by atoms with van der Waals surface area (Å²) in [5.74, 6) is 0.916. The quantitative estimate of drug-likeness (QED) is 0.914. The molecule has 1 aromatic carbocycles. The summed E-state index contributed by atoms with van der Waals surface area (Å²) in [6, 6.07) is 10.1. The second-order valence-electron chi connectivity index (χ2n) is 6.09. The predicted molar refractivity (Wildman–Crippen MR) is 85.1 cm³/mol. The molecule has 2 aromatic rings. The fourth-order valence-corrected chi connectivity index (χ4v) is 4.19. The number of benzene rings is 1. The molecule has 1 aromatic heterocycles. The van der Waals surface area contributed by atoms with E-state index in [0.29, 0.717) is 6.10 Å². The van der Waals surface area contributed by atoms with Crippen LogP contribution in [0.3, 0.4) is 0 Å². The van der Waals surface area contributed by atoms with Gasteiger partial charge in [0.2, 0.25) is 0 Å². The summed E-state index contributed by atoms with van der Waals surface area (Å²) in [5, 5.41) is 10.6. The molecule has 0 amide bonds. The molecule has 1 fully saturated rings. The Balaban J connectivity index is 1.52. The Kier molecular flexibility index (Phi) is 3.48. The average molecular weight is 300 g/mol.